The molecule has 0 unspecified atom stereocenters. The predicted molar refractivity (Wildman–Crippen MR) is 106 cm³/mol. The summed E-state index contributed by atoms with van der Waals surface area (Å²) < 4.78 is 5.26. The van der Waals surface area contributed by atoms with E-state index in [0.717, 1.165) is 54.8 Å². The highest BCUT2D eigenvalue weighted by atomic mass is 16.5. The molecule has 1 saturated heterocycles. The number of nitrogens with one attached hydrogen (secondary N) is 1. The average Bonchev–Trinajstić information content (AvgIpc) is 2.83. The Kier molecular flexibility index (Phi) is 5.68. The molecule has 1 fully saturated rings. The smallest absolute Gasteiger partial charge is 0.271 e. The Morgan fingerprint density at radius 3 is 2.41 bits per heavy atom. The second-order valence-corrected chi connectivity index (χ2v) is 7.32. The van der Waals surface area contributed by atoms with Gasteiger partial charge in [0, 0.05) is 17.8 Å². The summed E-state index contributed by atoms with van der Waals surface area (Å²) >= 11 is 0. The van der Waals surface area contributed by atoms with Crippen LogP contribution in [0.25, 0.3) is 0 Å². The number of benzene rings is 1. The van der Waals surface area contributed by atoms with Gasteiger partial charge in [-0.15, -0.1) is 0 Å². The van der Waals surface area contributed by atoms with Crippen molar-refractivity contribution >= 4 is 11.7 Å². The molecule has 1 atom stereocenters. The van der Waals surface area contributed by atoms with E-state index in [1.165, 1.54) is 0 Å². The Balaban J connectivity index is 1.96. The lowest BCUT2D eigenvalue weighted by Gasteiger charge is -2.30. The van der Waals surface area contributed by atoms with Crippen LogP contribution in [0.2, 0.25) is 0 Å². The summed E-state index contributed by atoms with van der Waals surface area (Å²) in [4.78, 5) is 30.5. The minimum atomic E-state index is -0.0224. The van der Waals surface area contributed by atoms with Crippen LogP contribution in [0.15, 0.2) is 24.3 Å². The molecule has 1 aromatic heterocycles. The molecule has 0 aliphatic carbocycles. The van der Waals surface area contributed by atoms with Gasteiger partial charge in [-0.2, -0.15) is 0 Å². The van der Waals surface area contributed by atoms with Crippen molar-refractivity contribution in [2.24, 2.45) is 0 Å². The van der Waals surface area contributed by atoms with Gasteiger partial charge in [-0.25, -0.2) is 0 Å². The normalized spacial score (nSPS) is 17.5. The van der Waals surface area contributed by atoms with Crippen LogP contribution in [0.1, 0.15) is 76.3 Å². The Morgan fingerprint density at radius 1 is 1.11 bits per heavy atom. The Labute approximate surface area is 160 Å². The summed E-state index contributed by atoms with van der Waals surface area (Å²) in [5.74, 6) is 0.779. The maximum Gasteiger partial charge on any atom is 0.271 e. The first-order valence-corrected chi connectivity index (χ1v) is 9.59. The van der Waals surface area contributed by atoms with Gasteiger partial charge in [0.1, 0.15) is 11.4 Å². The minimum absolute atomic E-state index is 0.0112. The Morgan fingerprint density at radius 2 is 1.81 bits per heavy atom. The average molecular weight is 368 g/mol. The number of methoxy groups -OCH3 is 1. The number of amides is 1. The third-order valence-electron chi connectivity index (χ3n) is 5.52. The Hall–Kier alpha value is -2.56. The fraction of sp³-hybridized carbons (Fsp3) is 0.455. The van der Waals surface area contributed by atoms with Crippen molar-refractivity contribution in [3.05, 3.63) is 52.3 Å². The first kappa shape index (κ1) is 19.2. The van der Waals surface area contributed by atoms with Crippen LogP contribution in [-0.2, 0) is 0 Å². The molecule has 5 nitrogen and oxygen atoms in total. The minimum Gasteiger partial charge on any atom is -0.497 e. The third-order valence-corrected chi connectivity index (χ3v) is 5.52. The molecule has 5 heteroatoms. The number of H-pyrrole nitrogens is 1. The largest absolute Gasteiger partial charge is 0.497 e. The zero-order valence-electron chi connectivity index (χ0n) is 16.6. The number of aromatic nitrogens is 1. The predicted octanol–water partition coefficient (Wildman–Crippen LogP) is 4.60. The van der Waals surface area contributed by atoms with Crippen LogP contribution in [-0.4, -0.2) is 35.2 Å². The van der Waals surface area contributed by atoms with E-state index in [1.54, 1.807) is 14.0 Å². The topological polar surface area (TPSA) is 62.4 Å². The molecule has 2 aromatic rings. The summed E-state index contributed by atoms with van der Waals surface area (Å²) in [7, 11) is 1.65. The second-order valence-electron chi connectivity index (χ2n) is 7.32. The van der Waals surface area contributed by atoms with Crippen LogP contribution in [0, 0.1) is 13.8 Å². The number of hydrogen-bond donors (Lipinski definition) is 1. The molecule has 1 aliphatic rings. The van der Waals surface area contributed by atoms with E-state index in [4.69, 9.17) is 4.74 Å². The lowest BCUT2D eigenvalue weighted by Crippen LogP contribution is -2.35. The first-order chi connectivity index (χ1) is 12.9. The number of aryl methyl sites for hydroxylation is 1. The van der Waals surface area contributed by atoms with Crippen LogP contribution in [0.4, 0.5) is 0 Å². The molecule has 144 valence electrons. The van der Waals surface area contributed by atoms with Gasteiger partial charge in [0.25, 0.3) is 5.91 Å². The van der Waals surface area contributed by atoms with E-state index in [0.29, 0.717) is 11.3 Å². The third kappa shape index (κ3) is 3.77. The molecule has 3 rings (SSSR count). The van der Waals surface area contributed by atoms with Crippen LogP contribution >= 0.6 is 0 Å². The fourth-order valence-electron chi connectivity index (χ4n) is 4.16. The van der Waals surface area contributed by atoms with Gasteiger partial charge in [-0.1, -0.05) is 25.0 Å². The SMILES string of the molecule is COc1ccc([C@H]2CCCCCN2C(=O)c2[nH]c(C)c(C(C)=O)c2C)cc1. The van der Waals surface area contributed by atoms with Crippen molar-refractivity contribution in [3.8, 4) is 5.75 Å². The number of carbonyl (C=O) groups is 2. The monoisotopic (exact) mass is 368 g/mol. The molecule has 1 N–H and O–H groups in total. The van der Waals surface area contributed by atoms with Gasteiger partial charge in [-0.3, -0.25) is 9.59 Å². The van der Waals surface area contributed by atoms with Crippen molar-refractivity contribution < 1.29 is 14.3 Å². The van der Waals surface area contributed by atoms with Gasteiger partial charge in [0.2, 0.25) is 0 Å². The summed E-state index contributed by atoms with van der Waals surface area (Å²) in [5.41, 5.74) is 3.81. The van der Waals surface area contributed by atoms with Gasteiger partial charge in [-0.05, 0) is 56.9 Å². The number of hydrogen-bond acceptors (Lipinski definition) is 3. The Bertz CT molecular complexity index is 836. The van der Waals surface area contributed by atoms with E-state index in [1.807, 2.05) is 43.0 Å². The van der Waals surface area contributed by atoms with Gasteiger partial charge >= 0.3 is 0 Å². The van der Waals surface area contributed by atoms with Crippen LogP contribution in [0.3, 0.4) is 0 Å². The number of aromatic amines is 1. The van der Waals surface area contributed by atoms with Gasteiger partial charge in [0.05, 0.1) is 13.2 Å². The van der Waals surface area contributed by atoms with Crippen molar-refractivity contribution in [2.75, 3.05) is 13.7 Å². The molecule has 0 radical (unpaired) electrons. The highest BCUT2D eigenvalue weighted by Crippen LogP contribution is 2.33. The van der Waals surface area contributed by atoms with E-state index < -0.39 is 0 Å². The number of nitrogens with zero attached hydrogens (tertiary/aromatic N) is 1. The van der Waals surface area contributed by atoms with Crippen molar-refractivity contribution in [2.45, 2.75) is 52.5 Å². The molecular formula is C22H28N2O3. The molecule has 0 spiro atoms. The zero-order valence-corrected chi connectivity index (χ0v) is 16.6. The van der Waals surface area contributed by atoms with Gasteiger partial charge < -0.3 is 14.6 Å². The first-order valence-electron chi connectivity index (χ1n) is 9.59. The fourth-order valence-corrected chi connectivity index (χ4v) is 4.16. The molecule has 0 bridgehead atoms. The number of ketones is 1. The van der Waals surface area contributed by atoms with Crippen LogP contribution < -0.4 is 4.74 Å². The molecule has 2 heterocycles. The maximum absolute atomic E-state index is 13.4. The van der Waals surface area contributed by atoms with E-state index in [2.05, 4.69) is 4.98 Å². The van der Waals surface area contributed by atoms with Gasteiger partial charge in [0.15, 0.2) is 5.78 Å². The summed E-state index contributed by atoms with van der Waals surface area (Å²) in [6, 6.07) is 8.02. The molecular weight excluding hydrogens is 340 g/mol. The number of ether oxygens (including phenoxy) is 1. The van der Waals surface area contributed by atoms with E-state index >= 15 is 0 Å². The lowest BCUT2D eigenvalue weighted by molar-refractivity contribution is 0.0674. The number of likely N-dealkylation sites (tertiary alicyclic amines) is 1. The standard InChI is InChI=1S/C22H28N2O3/c1-14-20(16(3)25)15(2)23-21(14)22(26)24-13-7-5-6-8-19(24)17-9-11-18(27-4)12-10-17/h9-12,19,23H,5-8,13H2,1-4H3/t19-/m1/s1. The highest BCUT2D eigenvalue weighted by molar-refractivity contribution is 6.02. The lowest BCUT2D eigenvalue weighted by atomic mass is 9.99. The van der Waals surface area contributed by atoms with Crippen molar-refractivity contribution in [3.63, 3.8) is 0 Å². The maximum atomic E-state index is 13.4. The molecule has 27 heavy (non-hydrogen) atoms. The quantitative estimate of drug-likeness (QED) is 0.802. The molecule has 1 aliphatic heterocycles. The number of rotatable bonds is 4. The summed E-state index contributed by atoms with van der Waals surface area (Å²) in [5, 5.41) is 0. The number of carbonyl (C=O) groups excluding carboxylic acids is 2. The second kappa shape index (κ2) is 7.99. The summed E-state index contributed by atoms with van der Waals surface area (Å²) in [6.45, 7) is 5.98. The highest BCUT2D eigenvalue weighted by Gasteiger charge is 2.30. The molecule has 1 amide bonds. The summed E-state index contributed by atoms with van der Waals surface area (Å²) in [6.07, 6.45) is 4.16. The van der Waals surface area contributed by atoms with E-state index in [9.17, 15) is 9.59 Å². The van der Waals surface area contributed by atoms with E-state index in [-0.39, 0.29) is 17.7 Å². The molecule has 0 saturated carbocycles. The number of Topliss-reactive ketones (excluding diaryl/α,β-unsaturated/α-hetero) is 1. The zero-order chi connectivity index (χ0) is 19.6. The van der Waals surface area contributed by atoms with Crippen LogP contribution in [0.5, 0.6) is 5.75 Å². The van der Waals surface area contributed by atoms with Crippen molar-refractivity contribution in [1.29, 1.82) is 0 Å². The molecule has 1 aromatic carbocycles. The van der Waals surface area contributed by atoms with Crippen molar-refractivity contribution in [1.82, 2.24) is 9.88 Å².